The molecule has 0 saturated heterocycles. The third-order valence-electron chi connectivity index (χ3n) is 2.58. The van der Waals surface area contributed by atoms with Crippen LogP contribution in [0.25, 0.3) is 0 Å². The molecule has 4 nitrogen and oxygen atoms in total. The van der Waals surface area contributed by atoms with Gasteiger partial charge in [-0.2, -0.15) is 0 Å². The largest absolute Gasteiger partial charge is 0.478 e. The molecule has 1 aromatic rings. The van der Waals surface area contributed by atoms with Crippen molar-refractivity contribution in [1.82, 2.24) is 0 Å². The zero-order valence-electron chi connectivity index (χ0n) is 9.33. The van der Waals surface area contributed by atoms with Crippen LogP contribution in [0.2, 0.25) is 0 Å². The molecule has 1 aliphatic heterocycles. The molecule has 5 heteroatoms. The van der Waals surface area contributed by atoms with Crippen molar-refractivity contribution in [3.05, 3.63) is 23.8 Å². The van der Waals surface area contributed by atoms with Crippen LogP contribution in [0.4, 0.5) is 5.69 Å². The van der Waals surface area contributed by atoms with Gasteiger partial charge in [0.15, 0.2) is 6.10 Å². The maximum Gasteiger partial charge on any atom is 0.265 e. The second-order valence-electron chi connectivity index (χ2n) is 3.87. The minimum Gasteiger partial charge on any atom is -0.478 e. The van der Waals surface area contributed by atoms with Crippen LogP contribution < -0.4 is 10.1 Å². The number of fused-ring (bicyclic) bond motifs is 1. The molecule has 0 bridgehead atoms. The SMILES string of the molecule is CCCC1Oc2ccc(C(=O)Cl)cc2NC1=O. The summed E-state index contributed by atoms with van der Waals surface area (Å²) in [5.41, 5.74) is 0.831. The molecule has 2 rings (SSSR count). The molecule has 0 aliphatic carbocycles. The summed E-state index contributed by atoms with van der Waals surface area (Å²) in [7, 11) is 0. The van der Waals surface area contributed by atoms with Crippen LogP contribution in [0.15, 0.2) is 18.2 Å². The molecule has 1 N–H and O–H groups in total. The number of hydrogen-bond acceptors (Lipinski definition) is 3. The van der Waals surface area contributed by atoms with Crippen molar-refractivity contribution in [2.45, 2.75) is 25.9 Å². The summed E-state index contributed by atoms with van der Waals surface area (Å²) in [5.74, 6) is 0.392. The van der Waals surface area contributed by atoms with Gasteiger partial charge in [-0.1, -0.05) is 13.3 Å². The zero-order chi connectivity index (χ0) is 12.4. The van der Waals surface area contributed by atoms with Gasteiger partial charge in [0, 0.05) is 5.56 Å². The highest BCUT2D eigenvalue weighted by Gasteiger charge is 2.27. The minimum atomic E-state index is -0.558. The molecule has 1 aromatic carbocycles. The number of anilines is 1. The molecular weight excluding hydrogens is 242 g/mol. The molecule has 0 aromatic heterocycles. The van der Waals surface area contributed by atoms with Gasteiger partial charge in [-0.05, 0) is 36.2 Å². The van der Waals surface area contributed by atoms with Crippen molar-refractivity contribution in [3.63, 3.8) is 0 Å². The van der Waals surface area contributed by atoms with Crippen LogP contribution in [0.3, 0.4) is 0 Å². The molecular formula is C12H12ClNO3. The van der Waals surface area contributed by atoms with E-state index in [2.05, 4.69) is 5.32 Å². The second kappa shape index (κ2) is 4.75. The van der Waals surface area contributed by atoms with Gasteiger partial charge in [-0.3, -0.25) is 9.59 Å². The summed E-state index contributed by atoms with van der Waals surface area (Å²) in [6, 6.07) is 4.74. The number of hydrogen-bond donors (Lipinski definition) is 1. The first-order valence-electron chi connectivity index (χ1n) is 5.43. The van der Waals surface area contributed by atoms with E-state index in [0.29, 0.717) is 23.4 Å². The number of halogens is 1. The number of rotatable bonds is 3. The van der Waals surface area contributed by atoms with E-state index in [4.69, 9.17) is 16.3 Å². The summed E-state index contributed by atoms with van der Waals surface area (Å²) >= 11 is 5.37. The topological polar surface area (TPSA) is 55.4 Å². The van der Waals surface area contributed by atoms with Crippen molar-refractivity contribution in [1.29, 1.82) is 0 Å². The molecule has 1 atom stereocenters. The summed E-state index contributed by atoms with van der Waals surface area (Å²) in [6.07, 6.45) is 1.08. The smallest absolute Gasteiger partial charge is 0.265 e. The van der Waals surface area contributed by atoms with Crippen LogP contribution in [0.5, 0.6) is 5.75 Å². The molecule has 90 valence electrons. The Morgan fingerprint density at radius 3 is 2.94 bits per heavy atom. The molecule has 17 heavy (non-hydrogen) atoms. The predicted molar refractivity (Wildman–Crippen MR) is 64.6 cm³/mol. The Bertz CT molecular complexity index is 473. The van der Waals surface area contributed by atoms with Gasteiger partial charge in [-0.15, -0.1) is 0 Å². The molecule has 0 fully saturated rings. The van der Waals surface area contributed by atoms with Gasteiger partial charge in [0.1, 0.15) is 5.75 Å². The van der Waals surface area contributed by atoms with E-state index in [-0.39, 0.29) is 5.91 Å². The maximum absolute atomic E-state index is 11.7. The monoisotopic (exact) mass is 253 g/mol. The van der Waals surface area contributed by atoms with Crippen LogP contribution >= 0.6 is 11.6 Å². The lowest BCUT2D eigenvalue weighted by Gasteiger charge is -2.25. The number of carbonyl (C=O) groups is 2. The maximum atomic E-state index is 11.7. The molecule has 0 spiro atoms. The highest BCUT2D eigenvalue weighted by Crippen LogP contribution is 2.31. The van der Waals surface area contributed by atoms with E-state index >= 15 is 0 Å². The van der Waals surface area contributed by atoms with E-state index in [1.807, 2.05) is 6.92 Å². The Balaban J connectivity index is 2.28. The minimum absolute atomic E-state index is 0.182. The summed E-state index contributed by atoms with van der Waals surface area (Å²) in [4.78, 5) is 22.7. The molecule has 0 saturated carbocycles. The lowest BCUT2D eigenvalue weighted by atomic mass is 10.1. The van der Waals surface area contributed by atoms with Crippen molar-refractivity contribution >= 4 is 28.4 Å². The van der Waals surface area contributed by atoms with E-state index in [1.54, 1.807) is 12.1 Å². The van der Waals surface area contributed by atoms with E-state index in [1.165, 1.54) is 6.07 Å². The Morgan fingerprint density at radius 1 is 1.53 bits per heavy atom. The normalized spacial score (nSPS) is 18.0. The summed E-state index contributed by atoms with van der Waals surface area (Å²) in [5, 5.41) is 2.16. The molecule has 0 radical (unpaired) electrons. The number of ether oxygens (including phenoxy) is 1. The zero-order valence-corrected chi connectivity index (χ0v) is 10.1. The van der Waals surface area contributed by atoms with Crippen molar-refractivity contribution in [3.8, 4) is 5.75 Å². The quantitative estimate of drug-likeness (QED) is 0.843. The Hall–Kier alpha value is -1.55. The highest BCUT2D eigenvalue weighted by molar-refractivity contribution is 6.67. The summed E-state index contributed by atoms with van der Waals surface area (Å²) in [6.45, 7) is 1.99. The molecule has 1 amide bonds. The standard InChI is InChI=1S/C12H12ClNO3/c1-2-3-10-12(16)14-8-6-7(11(13)15)4-5-9(8)17-10/h4-6,10H,2-3H2,1H3,(H,14,16). The lowest BCUT2D eigenvalue weighted by molar-refractivity contribution is -0.123. The third kappa shape index (κ3) is 2.42. The van der Waals surface area contributed by atoms with Gasteiger partial charge in [0.2, 0.25) is 0 Å². The second-order valence-corrected chi connectivity index (χ2v) is 4.21. The van der Waals surface area contributed by atoms with Gasteiger partial charge < -0.3 is 10.1 Å². The first kappa shape index (κ1) is 11.9. The van der Waals surface area contributed by atoms with Gasteiger partial charge in [0.25, 0.3) is 11.1 Å². The summed E-state index contributed by atoms with van der Waals surface area (Å²) < 4.78 is 5.55. The van der Waals surface area contributed by atoms with E-state index in [9.17, 15) is 9.59 Å². The Morgan fingerprint density at radius 2 is 2.29 bits per heavy atom. The van der Waals surface area contributed by atoms with E-state index in [0.717, 1.165) is 6.42 Å². The Labute approximate surface area is 104 Å². The molecule has 1 unspecified atom stereocenters. The fourth-order valence-corrected chi connectivity index (χ4v) is 1.84. The fourth-order valence-electron chi connectivity index (χ4n) is 1.72. The fraction of sp³-hybridized carbons (Fsp3) is 0.333. The lowest BCUT2D eigenvalue weighted by Crippen LogP contribution is -2.36. The van der Waals surface area contributed by atoms with Crippen LogP contribution in [0.1, 0.15) is 30.1 Å². The number of benzene rings is 1. The van der Waals surface area contributed by atoms with Crippen LogP contribution in [0, 0.1) is 0 Å². The third-order valence-corrected chi connectivity index (χ3v) is 2.80. The van der Waals surface area contributed by atoms with Crippen molar-refractivity contribution < 1.29 is 14.3 Å². The van der Waals surface area contributed by atoms with Crippen LogP contribution in [-0.2, 0) is 4.79 Å². The Kier molecular flexibility index (Phi) is 3.33. The molecule has 1 aliphatic rings. The first-order valence-corrected chi connectivity index (χ1v) is 5.81. The average molecular weight is 254 g/mol. The first-order chi connectivity index (χ1) is 8.11. The van der Waals surface area contributed by atoms with Gasteiger partial charge in [-0.25, -0.2) is 0 Å². The van der Waals surface area contributed by atoms with Crippen molar-refractivity contribution in [2.24, 2.45) is 0 Å². The van der Waals surface area contributed by atoms with E-state index < -0.39 is 11.3 Å². The average Bonchev–Trinajstić information content (AvgIpc) is 2.29. The van der Waals surface area contributed by atoms with Crippen molar-refractivity contribution in [2.75, 3.05) is 5.32 Å². The number of amides is 1. The predicted octanol–water partition coefficient (Wildman–Crippen LogP) is 2.57. The highest BCUT2D eigenvalue weighted by atomic mass is 35.5. The number of carbonyl (C=O) groups excluding carboxylic acids is 2. The van der Waals surface area contributed by atoms with Gasteiger partial charge >= 0.3 is 0 Å². The van der Waals surface area contributed by atoms with Crippen LogP contribution in [-0.4, -0.2) is 17.3 Å². The number of nitrogens with one attached hydrogen (secondary N) is 1. The van der Waals surface area contributed by atoms with Gasteiger partial charge in [0.05, 0.1) is 5.69 Å². The molecule has 1 heterocycles.